The third-order valence-electron chi connectivity index (χ3n) is 3.25. The van der Waals surface area contributed by atoms with Crippen molar-refractivity contribution < 1.29 is 28.5 Å². The van der Waals surface area contributed by atoms with Crippen molar-refractivity contribution in [2.45, 2.75) is 32.7 Å². The summed E-state index contributed by atoms with van der Waals surface area (Å²) >= 11 is 0. The first kappa shape index (κ1) is 25.2. The van der Waals surface area contributed by atoms with Crippen LogP contribution in [0.4, 0.5) is 0 Å². The lowest BCUT2D eigenvalue weighted by Gasteiger charge is -2.09. The van der Waals surface area contributed by atoms with E-state index in [4.69, 9.17) is 23.7 Å². The van der Waals surface area contributed by atoms with Crippen LogP contribution >= 0.6 is 0 Å². The highest BCUT2D eigenvalue weighted by molar-refractivity contribution is 5.75. The van der Waals surface area contributed by atoms with E-state index in [0.717, 1.165) is 13.0 Å². The average molecular weight is 379 g/mol. The number of ether oxygens (including phenoxy) is 5. The molecule has 0 radical (unpaired) electrons. The van der Waals surface area contributed by atoms with E-state index in [1.807, 2.05) is 0 Å². The maximum Gasteiger partial charge on any atom is 0.222 e. The Morgan fingerprint density at radius 1 is 0.769 bits per heavy atom. The van der Waals surface area contributed by atoms with Crippen LogP contribution in [0.15, 0.2) is 0 Å². The van der Waals surface area contributed by atoms with Crippen LogP contribution in [-0.4, -0.2) is 91.6 Å². The van der Waals surface area contributed by atoms with Gasteiger partial charge >= 0.3 is 0 Å². The standard InChI is InChI=1S/C18H38N2O6/c1-17(2)19-6-4-7-20-18(21)5-8-23-11-12-25-15-16-26-14-13-24-10-9-22-3/h17,19H,4-16H2,1-3H3,(H,20,21). The fourth-order valence-electron chi connectivity index (χ4n) is 1.86. The molecule has 0 saturated carbocycles. The van der Waals surface area contributed by atoms with Gasteiger partial charge in [0.15, 0.2) is 0 Å². The fourth-order valence-corrected chi connectivity index (χ4v) is 1.86. The summed E-state index contributed by atoms with van der Waals surface area (Å²) in [6.45, 7) is 10.5. The van der Waals surface area contributed by atoms with Crippen molar-refractivity contribution >= 4 is 5.91 Å². The van der Waals surface area contributed by atoms with Crippen LogP contribution in [0.1, 0.15) is 26.7 Å². The van der Waals surface area contributed by atoms with Crippen LogP contribution in [0.3, 0.4) is 0 Å². The molecule has 0 aliphatic carbocycles. The number of nitrogens with one attached hydrogen (secondary N) is 2. The maximum atomic E-state index is 11.6. The Kier molecular flexibility index (Phi) is 19.9. The number of hydrogen-bond donors (Lipinski definition) is 2. The molecule has 0 aromatic carbocycles. The molecule has 0 unspecified atom stereocenters. The summed E-state index contributed by atoms with van der Waals surface area (Å²) in [6.07, 6.45) is 1.31. The SMILES string of the molecule is COCCOCCOCCOCCOCCC(=O)NCCCNC(C)C. The molecule has 26 heavy (non-hydrogen) atoms. The summed E-state index contributed by atoms with van der Waals surface area (Å²) < 4.78 is 26.2. The highest BCUT2D eigenvalue weighted by Gasteiger charge is 2.01. The predicted molar refractivity (Wildman–Crippen MR) is 101 cm³/mol. The summed E-state index contributed by atoms with van der Waals surface area (Å²) in [7, 11) is 1.64. The molecule has 0 aromatic heterocycles. The number of amides is 1. The number of rotatable bonds is 20. The van der Waals surface area contributed by atoms with E-state index in [1.165, 1.54) is 0 Å². The minimum atomic E-state index is 0.0246. The van der Waals surface area contributed by atoms with E-state index in [-0.39, 0.29) is 5.91 Å². The van der Waals surface area contributed by atoms with Crippen LogP contribution in [0.5, 0.6) is 0 Å². The summed E-state index contributed by atoms with van der Waals surface area (Å²) in [5.74, 6) is 0.0246. The second-order valence-corrected chi connectivity index (χ2v) is 6.00. The molecule has 0 atom stereocenters. The van der Waals surface area contributed by atoms with E-state index in [9.17, 15) is 4.79 Å². The number of carbonyl (C=O) groups is 1. The summed E-state index contributed by atoms with van der Waals surface area (Å²) in [5, 5.41) is 6.19. The van der Waals surface area contributed by atoms with Gasteiger partial charge in [-0.2, -0.15) is 0 Å². The first-order valence-corrected chi connectivity index (χ1v) is 9.46. The molecular formula is C18H38N2O6. The van der Waals surface area contributed by atoms with Crippen LogP contribution in [0, 0.1) is 0 Å². The van der Waals surface area contributed by atoms with Gasteiger partial charge in [0.25, 0.3) is 0 Å². The highest BCUT2D eigenvalue weighted by atomic mass is 16.6. The molecule has 8 nitrogen and oxygen atoms in total. The lowest BCUT2D eigenvalue weighted by Crippen LogP contribution is -2.30. The van der Waals surface area contributed by atoms with Gasteiger partial charge in [-0.1, -0.05) is 13.8 Å². The molecule has 156 valence electrons. The Balaban J connectivity index is 3.13. The molecule has 0 aromatic rings. The summed E-state index contributed by atoms with van der Waals surface area (Å²) in [6, 6.07) is 0.480. The molecule has 0 aliphatic rings. The summed E-state index contributed by atoms with van der Waals surface area (Å²) in [4.78, 5) is 11.6. The molecule has 2 N–H and O–H groups in total. The second-order valence-electron chi connectivity index (χ2n) is 6.00. The van der Waals surface area contributed by atoms with Gasteiger partial charge in [-0.3, -0.25) is 4.79 Å². The Morgan fingerprint density at radius 3 is 1.77 bits per heavy atom. The number of hydrogen-bond acceptors (Lipinski definition) is 7. The van der Waals surface area contributed by atoms with Gasteiger partial charge in [-0.25, -0.2) is 0 Å². The van der Waals surface area contributed by atoms with Gasteiger partial charge in [0.05, 0.1) is 59.5 Å². The number of methoxy groups -OCH3 is 1. The molecule has 8 heteroatoms. The predicted octanol–water partition coefficient (Wildman–Crippen LogP) is 0.594. The molecule has 0 bridgehead atoms. The maximum absolute atomic E-state index is 11.6. The normalized spacial score (nSPS) is 11.2. The van der Waals surface area contributed by atoms with Crippen molar-refractivity contribution in [3.63, 3.8) is 0 Å². The van der Waals surface area contributed by atoms with E-state index in [0.29, 0.717) is 78.5 Å². The minimum Gasteiger partial charge on any atom is -0.382 e. The van der Waals surface area contributed by atoms with Crippen molar-refractivity contribution in [3.8, 4) is 0 Å². The monoisotopic (exact) mass is 378 g/mol. The van der Waals surface area contributed by atoms with Gasteiger partial charge in [0, 0.05) is 26.1 Å². The van der Waals surface area contributed by atoms with Gasteiger partial charge < -0.3 is 34.3 Å². The highest BCUT2D eigenvalue weighted by Crippen LogP contribution is 1.87. The van der Waals surface area contributed by atoms with E-state index in [2.05, 4.69) is 24.5 Å². The largest absolute Gasteiger partial charge is 0.382 e. The van der Waals surface area contributed by atoms with Crippen LogP contribution in [0.25, 0.3) is 0 Å². The van der Waals surface area contributed by atoms with E-state index in [1.54, 1.807) is 7.11 Å². The van der Waals surface area contributed by atoms with E-state index < -0.39 is 0 Å². The van der Waals surface area contributed by atoms with Gasteiger partial charge in [0.1, 0.15) is 0 Å². The second kappa shape index (κ2) is 20.5. The van der Waals surface area contributed by atoms with Gasteiger partial charge in [-0.05, 0) is 13.0 Å². The van der Waals surface area contributed by atoms with Gasteiger partial charge in [-0.15, -0.1) is 0 Å². The Labute approximate surface area is 158 Å². The Bertz CT molecular complexity index is 305. The lowest BCUT2D eigenvalue weighted by atomic mass is 10.3. The van der Waals surface area contributed by atoms with Crippen LogP contribution < -0.4 is 10.6 Å². The number of carbonyl (C=O) groups excluding carboxylic acids is 1. The molecule has 0 rings (SSSR count). The lowest BCUT2D eigenvalue weighted by molar-refractivity contribution is -0.122. The Hall–Kier alpha value is -0.770. The fraction of sp³-hybridized carbons (Fsp3) is 0.944. The van der Waals surface area contributed by atoms with Crippen molar-refractivity contribution in [1.82, 2.24) is 10.6 Å². The molecule has 0 fully saturated rings. The quantitative estimate of drug-likeness (QED) is 0.300. The van der Waals surface area contributed by atoms with Crippen molar-refractivity contribution in [2.24, 2.45) is 0 Å². The zero-order chi connectivity index (χ0) is 19.3. The molecule has 1 amide bonds. The molecule has 0 saturated heterocycles. The van der Waals surface area contributed by atoms with Crippen LogP contribution in [-0.2, 0) is 28.5 Å². The molecular weight excluding hydrogens is 340 g/mol. The zero-order valence-electron chi connectivity index (χ0n) is 16.7. The average Bonchev–Trinajstić information content (AvgIpc) is 2.61. The third kappa shape index (κ3) is 21.3. The first-order valence-electron chi connectivity index (χ1n) is 9.46. The molecule has 0 aliphatic heterocycles. The third-order valence-corrected chi connectivity index (χ3v) is 3.25. The Morgan fingerprint density at radius 2 is 1.27 bits per heavy atom. The topological polar surface area (TPSA) is 87.3 Å². The molecule has 0 spiro atoms. The van der Waals surface area contributed by atoms with Crippen LogP contribution in [0.2, 0.25) is 0 Å². The summed E-state index contributed by atoms with van der Waals surface area (Å²) in [5.41, 5.74) is 0. The molecule has 0 heterocycles. The zero-order valence-corrected chi connectivity index (χ0v) is 16.7. The smallest absolute Gasteiger partial charge is 0.222 e. The van der Waals surface area contributed by atoms with Gasteiger partial charge in [0.2, 0.25) is 5.91 Å². The van der Waals surface area contributed by atoms with Crippen molar-refractivity contribution in [3.05, 3.63) is 0 Å². The minimum absolute atomic E-state index is 0.0246. The van der Waals surface area contributed by atoms with E-state index >= 15 is 0 Å². The van der Waals surface area contributed by atoms with Crippen molar-refractivity contribution in [1.29, 1.82) is 0 Å². The first-order chi connectivity index (χ1) is 12.7. The van der Waals surface area contributed by atoms with Crippen molar-refractivity contribution in [2.75, 3.05) is 79.7 Å².